The van der Waals surface area contributed by atoms with Crippen molar-refractivity contribution in [1.82, 2.24) is 10.2 Å². The summed E-state index contributed by atoms with van der Waals surface area (Å²) in [4.78, 5) is 38.2. The maximum atomic E-state index is 12.8. The van der Waals surface area contributed by atoms with Crippen LogP contribution in [0.3, 0.4) is 0 Å². The van der Waals surface area contributed by atoms with Crippen LogP contribution in [0.4, 0.5) is 10.5 Å². The molecule has 2 aromatic carbocycles. The van der Waals surface area contributed by atoms with Crippen LogP contribution < -0.4 is 10.6 Å². The van der Waals surface area contributed by atoms with E-state index in [1.165, 1.54) is 6.07 Å². The lowest BCUT2D eigenvalue weighted by Crippen LogP contribution is -2.42. The molecular formula is C19H15ClN4O3. The molecule has 2 aromatic rings. The number of anilines is 1. The summed E-state index contributed by atoms with van der Waals surface area (Å²) in [6.07, 6.45) is 0. The Labute approximate surface area is 160 Å². The molecule has 27 heavy (non-hydrogen) atoms. The second-order valence-electron chi connectivity index (χ2n) is 6.19. The maximum Gasteiger partial charge on any atom is 0.325 e. The number of nitrogens with one attached hydrogen (secondary N) is 2. The van der Waals surface area contributed by atoms with Gasteiger partial charge in [-0.2, -0.15) is 5.26 Å². The molecule has 0 spiro atoms. The molecule has 3 rings (SSSR count). The average molecular weight is 383 g/mol. The lowest BCUT2D eigenvalue weighted by Gasteiger charge is -2.22. The summed E-state index contributed by atoms with van der Waals surface area (Å²) in [5.74, 6) is -1.08. The lowest BCUT2D eigenvalue weighted by molar-refractivity contribution is -0.133. The molecule has 1 heterocycles. The van der Waals surface area contributed by atoms with Gasteiger partial charge in [0.1, 0.15) is 12.1 Å². The number of carbonyl (C=O) groups excluding carboxylic acids is 3. The van der Waals surface area contributed by atoms with Gasteiger partial charge in [-0.25, -0.2) is 4.79 Å². The van der Waals surface area contributed by atoms with Crippen molar-refractivity contribution < 1.29 is 14.4 Å². The molecule has 2 N–H and O–H groups in total. The van der Waals surface area contributed by atoms with E-state index in [9.17, 15) is 14.4 Å². The molecular weight excluding hydrogens is 368 g/mol. The molecule has 0 aromatic heterocycles. The predicted molar refractivity (Wildman–Crippen MR) is 98.8 cm³/mol. The number of hydrogen-bond donors (Lipinski definition) is 2. The van der Waals surface area contributed by atoms with Gasteiger partial charge in [-0.05, 0) is 42.8 Å². The number of benzene rings is 2. The topological polar surface area (TPSA) is 102 Å². The third-order valence-corrected chi connectivity index (χ3v) is 4.53. The summed E-state index contributed by atoms with van der Waals surface area (Å²) >= 11 is 5.87. The summed E-state index contributed by atoms with van der Waals surface area (Å²) in [6, 6.07) is 14.2. The van der Waals surface area contributed by atoms with Crippen LogP contribution in [0.5, 0.6) is 0 Å². The van der Waals surface area contributed by atoms with Crippen LogP contribution in [0.2, 0.25) is 5.02 Å². The minimum Gasteiger partial charge on any atom is -0.324 e. The van der Waals surface area contributed by atoms with Crippen molar-refractivity contribution >= 4 is 35.1 Å². The zero-order valence-electron chi connectivity index (χ0n) is 14.3. The highest BCUT2D eigenvalue weighted by atomic mass is 35.5. The molecule has 1 atom stereocenters. The molecule has 1 aliphatic rings. The van der Waals surface area contributed by atoms with E-state index in [1.54, 1.807) is 49.4 Å². The van der Waals surface area contributed by atoms with Crippen LogP contribution in [0.25, 0.3) is 0 Å². The van der Waals surface area contributed by atoms with Crippen LogP contribution in [-0.2, 0) is 15.1 Å². The SMILES string of the molecule is C[C@]1(c2ccc(Cl)cc2)NC(=O)N(CC(=O)Nc2cccc(C#N)c2)C1=O. The van der Waals surface area contributed by atoms with Crippen molar-refractivity contribution in [3.63, 3.8) is 0 Å². The van der Waals surface area contributed by atoms with Crippen LogP contribution in [0, 0.1) is 11.3 Å². The third kappa shape index (κ3) is 3.61. The van der Waals surface area contributed by atoms with Gasteiger partial charge >= 0.3 is 6.03 Å². The first kappa shape index (κ1) is 18.4. The van der Waals surface area contributed by atoms with Gasteiger partial charge in [-0.15, -0.1) is 0 Å². The zero-order valence-corrected chi connectivity index (χ0v) is 15.1. The Morgan fingerprint density at radius 3 is 2.63 bits per heavy atom. The smallest absolute Gasteiger partial charge is 0.324 e. The third-order valence-electron chi connectivity index (χ3n) is 4.27. The van der Waals surface area contributed by atoms with E-state index in [1.807, 2.05) is 6.07 Å². The first-order valence-corrected chi connectivity index (χ1v) is 8.41. The van der Waals surface area contributed by atoms with Crippen LogP contribution in [0.15, 0.2) is 48.5 Å². The quantitative estimate of drug-likeness (QED) is 0.793. The number of halogens is 1. The number of amides is 4. The Morgan fingerprint density at radius 2 is 1.96 bits per heavy atom. The van der Waals surface area contributed by atoms with Gasteiger partial charge in [-0.1, -0.05) is 29.8 Å². The predicted octanol–water partition coefficient (Wildman–Crippen LogP) is 2.62. The number of imide groups is 1. The minimum atomic E-state index is -1.28. The molecule has 7 nitrogen and oxygen atoms in total. The Morgan fingerprint density at radius 1 is 1.26 bits per heavy atom. The molecule has 4 amide bonds. The van der Waals surface area contributed by atoms with E-state index >= 15 is 0 Å². The van der Waals surface area contributed by atoms with E-state index in [0.717, 1.165) is 4.90 Å². The monoisotopic (exact) mass is 382 g/mol. The Balaban J connectivity index is 1.74. The summed E-state index contributed by atoms with van der Waals surface area (Å²) in [6.45, 7) is 1.13. The van der Waals surface area contributed by atoms with Gasteiger partial charge in [0.05, 0.1) is 11.6 Å². The van der Waals surface area contributed by atoms with Gasteiger partial charge in [-0.3, -0.25) is 14.5 Å². The minimum absolute atomic E-state index is 0.387. The fourth-order valence-corrected chi connectivity index (χ4v) is 2.96. The van der Waals surface area contributed by atoms with E-state index in [2.05, 4.69) is 10.6 Å². The van der Waals surface area contributed by atoms with E-state index in [4.69, 9.17) is 16.9 Å². The van der Waals surface area contributed by atoms with Gasteiger partial charge in [0.2, 0.25) is 5.91 Å². The standard InChI is InChI=1S/C19H15ClN4O3/c1-19(13-5-7-14(20)8-6-13)17(26)24(18(27)23-19)11-16(25)22-15-4-2-3-12(9-15)10-21/h2-9H,11H2,1H3,(H,22,25)(H,23,27)/t19-/m1/s1. The summed E-state index contributed by atoms with van der Waals surface area (Å²) in [5, 5.41) is 14.6. The second kappa shape index (κ2) is 7.09. The highest BCUT2D eigenvalue weighted by Crippen LogP contribution is 2.29. The fraction of sp³-hybridized carbons (Fsp3) is 0.158. The van der Waals surface area contributed by atoms with Crippen LogP contribution >= 0.6 is 11.6 Å². The number of nitriles is 1. The van der Waals surface area contributed by atoms with Crippen molar-refractivity contribution in [2.24, 2.45) is 0 Å². The second-order valence-corrected chi connectivity index (χ2v) is 6.63. The zero-order chi connectivity index (χ0) is 19.6. The molecule has 1 fully saturated rings. The van der Waals surface area contributed by atoms with Crippen molar-refractivity contribution in [1.29, 1.82) is 5.26 Å². The number of carbonyl (C=O) groups is 3. The van der Waals surface area contributed by atoms with Crippen molar-refractivity contribution in [2.75, 3.05) is 11.9 Å². The molecule has 0 aliphatic carbocycles. The maximum absolute atomic E-state index is 12.8. The van der Waals surface area contributed by atoms with E-state index in [0.29, 0.717) is 21.8 Å². The highest BCUT2D eigenvalue weighted by Gasteiger charge is 2.49. The summed E-state index contributed by atoms with van der Waals surface area (Å²) in [7, 11) is 0. The molecule has 0 radical (unpaired) electrons. The molecule has 1 saturated heterocycles. The first-order chi connectivity index (χ1) is 12.8. The van der Waals surface area contributed by atoms with Crippen LogP contribution in [0.1, 0.15) is 18.1 Å². The largest absolute Gasteiger partial charge is 0.325 e. The molecule has 136 valence electrons. The van der Waals surface area contributed by atoms with Crippen molar-refractivity contribution in [2.45, 2.75) is 12.5 Å². The summed E-state index contributed by atoms with van der Waals surface area (Å²) in [5.41, 5.74) is 0.0856. The first-order valence-electron chi connectivity index (χ1n) is 8.03. The molecule has 0 unspecified atom stereocenters. The van der Waals surface area contributed by atoms with Gasteiger partial charge in [0.25, 0.3) is 5.91 Å². The molecule has 1 aliphatic heterocycles. The number of nitrogens with zero attached hydrogens (tertiary/aromatic N) is 2. The number of hydrogen-bond acceptors (Lipinski definition) is 4. The van der Waals surface area contributed by atoms with Gasteiger partial charge in [0.15, 0.2) is 0 Å². The normalized spacial score (nSPS) is 18.8. The Hall–Kier alpha value is -3.37. The average Bonchev–Trinajstić information content (AvgIpc) is 2.86. The molecule has 8 heteroatoms. The van der Waals surface area contributed by atoms with Gasteiger partial charge < -0.3 is 10.6 Å². The van der Waals surface area contributed by atoms with E-state index in [-0.39, 0.29) is 0 Å². The van der Waals surface area contributed by atoms with Crippen LogP contribution in [-0.4, -0.2) is 29.3 Å². The van der Waals surface area contributed by atoms with E-state index < -0.39 is 29.9 Å². The molecule has 0 saturated carbocycles. The highest BCUT2D eigenvalue weighted by molar-refractivity contribution is 6.30. The van der Waals surface area contributed by atoms with Gasteiger partial charge in [0, 0.05) is 10.7 Å². The Bertz CT molecular complexity index is 968. The van der Waals surface area contributed by atoms with Crippen molar-refractivity contribution in [3.8, 4) is 6.07 Å². The Kier molecular flexibility index (Phi) is 4.84. The number of rotatable bonds is 4. The fourth-order valence-electron chi connectivity index (χ4n) is 2.83. The lowest BCUT2D eigenvalue weighted by atomic mass is 9.92. The molecule has 0 bridgehead atoms. The summed E-state index contributed by atoms with van der Waals surface area (Å²) < 4.78 is 0. The van der Waals surface area contributed by atoms with Crippen molar-refractivity contribution in [3.05, 3.63) is 64.7 Å². The number of urea groups is 1.